The third kappa shape index (κ3) is 4.16. The largest absolute Gasteiger partial charge is 0.421 e. The van der Waals surface area contributed by atoms with Crippen molar-refractivity contribution in [3.63, 3.8) is 0 Å². The van der Waals surface area contributed by atoms with E-state index in [0.717, 1.165) is 17.5 Å². The lowest BCUT2D eigenvalue weighted by atomic mass is 10.1. The Labute approximate surface area is 196 Å². The van der Waals surface area contributed by atoms with Gasteiger partial charge >= 0.3 is 6.01 Å². The Bertz CT molecular complexity index is 1250. The summed E-state index contributed by atoms with van der Waals surface area (Å²) in [6.45, 7) is 5.04. The molecule has 0 radical (unpaired) electrons. The second kappa shape index (κ2) is 8.47. The Morgan fingerprint density at radius 2 is 1.94 bits per heavy atom. The van der Waals surface area contributed by atoms with Gasteiger partial charge in [-0.1, -0.05) is 11.6 Å². The molecule has 1 aromatic carbocycles. The SMILES string of the molecule is CC1=Cc2c(F)c(Oc3nc(NC4=NCC(C5CC5)=C4)cc(N4CCOCC4)n3)cc(F)c2C1. The second-order valence-electron chi connectivity index (χ2n) is 9.15. The number of fused-ring (bicyclic) bond motifs is 1. The van der Waals surface area contributed by atoms with Crippen LogP contribution in [-0.4, -0.2) is 48.7 Å². The molecule has 2 aromatic rings. The maximum atomic E-state index is 15.2. The number of amidine groups is 1. The molecular weight excluding hydrogens is 440 g/mol. The average molecular weight is 466 g/mol. The van der Waals surface area contributed by atoms with Gasteiger partial charge in [0.1, 0.15) is 23.3 Å². The van der Waals surface area contributed by atoms with Crippen molar-refractivity contribution >= 4 is 23.5 Å². The summed E-state index contributed by atoms with van der Waals surface area (Å²) < 4.78 is 41.0. The van der Waals surface area contributed by atoms with Crippen molar-refractivity contribution in [2.24, 2.45) is 10.9 Å². The van der Waals surface area contributed by atoms with E-state index >= 15 is 4.39 Å². The maximum Gasteiger partial charge on any atom is 0.326 e. The summed E-state index contributed by atoms with van der Waals surface area (Å²) in [4.78, 5) is 15.5. The predicted molar refractivity (Wildman–Crippen MR) is 126 cm³/mol. The number of allylic oxidation sites excluding steroid dienone is 1. The summed E-state index contributed by atoms with van der Waals surface area (Å²) in [5, 5.41) is 3.24. The van der Waals surface area contributed by atoms with Crippen LogP contribution in [0.15, 0.2) is 34.3 Å². The smallest absolute Gasteiger partial charge is 0.326 e. The number of anilines is 2. The molecule has 3 heterocycles. The van der Waals surface area contributed by atoms with Crippen LogP contribution < -0.4 is 15.0 Å². The summed E-state index contributed by atoms with van der Waals surface area (Å²) in [7, 11) is 0. The van der Waals surface area contributed by atoms with Gasteiger partial charge in [0, 0.05) is 36.3 Å². The summed E-state index contributed by atoms with van der Waals surface area (Å²) in [5.41, 5.74) is 2.82. The molecule has 1 saturated heterocycles. The highest BCUT2D eigenvalue weighted by molar-refractivity contribution is 6.05. The summed E-state index contributed by atoms with van der Waals surface area (Å²) in [6.07, 6.45) is 6.56. The number of benzene rings is 1. The number of halogens is 2. The van der Waals surface area contributed by atoms with E-state index in [2.05, 4.69) is 31.3 Å². The van der Waals surface area contributed by atoms with Gasteiger partial charge < -0.3 is 19.7 Å². The van der Waals surface area contributed by atoms with E-state index in [4.69, 9.17) is 9.47 Å². The third-order valence-corrected chi connectivity index (χ3v) is 6.51. The monoisotopic (exact) mass is 465 g/mol. The minimum absolute atomic E-state index is 0.0616. The van der Waals surface area contributed by atoms with Crippen molar-refractivity contribution < 1.29 is 18.3 Å². The Kier molecular flexibility index (Phi) is 5.28. The van der Waals surface area contributed by atoms with Crippen LogP contribution in [0.1, 0.15) is 30.9 Å². The maximum absolute atomic E-state index is 15.2. The van der Waals surface area contributed by atoms with Crippen LogP contribution in [0.2, 0.25) is 0 Å². The van der Waals surface area contributed by atoms with Gasteiger partial charge in [0.25, 0.3) is 0 Å². The molecule has 0 bridgehead atoms. The molecule has 0 unspecified atom stereocenters. The molecule has 2 aliphatic heterocycles. The normalized spacial score (nSPS) is 19.5. The number of morpholine rings is 1. The first kappa shape index (κ1) is 21.2. The van der Waals surface area contributed by atoms with Crippen molar-refractivity contribution in [2.75, 3.05) is 43.1 Å². The zero-order valence-corrected chi connectivity index (χ0v) is 18.9. The molecule has 1 saturated carbocycles. The lowest BCUT2D eigenvalue weighted by Gasteiger charge is -2.28. The van der Waals surface area contributed by atoms with Crippen molar-refractivity contribution in [3.05, 3.63) is 52.1 Å². The molecule has 176 valence electrons. The summed E-state index contributed by atoms with van der Waals surface area (Å²) in [5.74, 6) is 1.14. The zero-order valence-electron chi connectivity index (χ0n) is 18.9. The van der Waals surface area contributed by atoms with E-state index in [-0.39, 0.29) is 17.3 Å². The van der Waals surface area contributed by atoms with E-state index < -0.39 is 11.6 Å². The standard InChI is InChI=1S/C25H25F2N5O2/c1-14-8-17-18(9-14)24(27)20(11-19(17)26)34-25-30-22(12-23(31-25)32-4-6-33-7-5-32)29-21-10-16(13-28-21)15-2-3-15/h9-12,15H,2-8,13H2,1H3,(H,28,29,30,31). The van der Waals surface area contributed by atoms with Crippen LogP contribution in [0, 0.1) is 17.6 Å². The van der Waals surface area contributed by atoms with Crippen LogP contribution >= 0.6 is 0 Å². The lowest BCUT2D eigenvalue weighted by Crippen LogP contribution is -2.36. The quantitative estimate of drug-likeness (QED) is 0.701. The Morgan fingerprint density at radius 3 is 2.74 bits per heavy atom. The molecule has 1 N–H and O–H groups in total. The number of hydrogen-bond acceptors (Lipinski definition) is 7. The van der Waals surface area contributed by atoms with Crippen molar-refractivity contribution in [1.29, 1.82) is 0 Å². The molecule has 0 amide bonds. The fraction of sp³-hybridized carbons (Fsp3) is 0.400. The Hall–Kier alpha value is -3.33. The molecule has 1 aromatic heterocycles. The van der Waals surface area contributed by atoms with Gasteiger partial charge in [-0.15, -0.1) is 0 Å². The van der Waals surface area contributed by atoms with Crippen LogP contribution in [0.3, 0.4) is 0 Å². The van der Waals surface area contributed by atoms with Crippen LogP contribution in [0.4, 0.5) is 20.4 Å². The van der Waals surface area contributed by atoms with Gasteiger partial charge in [0.15, 0.2) is 11.6 Å². The van der Waals surface area contributed by atoms with E-state index in [1.54, 1.807) is 6.08 Å². The average Bonchev–Trinajstić information content (AvgIpc) is 3.45. The lowest BCUT2D eigenvalue weighted by molar-refractivity contribution is 0.122. The second-order valence-corrected chi connectivity index (χ2v) is 9.15. The molecule has 9 heteroatoms. The molecule has 2 aliphatic carbocycles. The van der Waals surface area contributed by atoms with Crippen LogP contribution in [-0.2, 0) is 11.2 Å². The van der Waals surface area contributed by atoms with E-state index in [0.29, 0.717) is 62.4 Å². The molecular formula is C25H25F2N5O2. The van der Waals surface area contributed by atoms with E-state index in [9.17, 15) is 4.39 Å². The molecule has 2 fully saturated rings. The van der Waals surface area contributed by atoms with Gasteiger partial charge in [-0.2, -0.15) is 9.97 Å². The number of hydrogen-bond donors (Lipinski definition) is 1. The highest BCUT2D eigenvalue weighted by Crippen LogP contribution is 2.38. The first-order valence-electron chi connectivity index (χ1n) is 11.6. The van der Waals surface area contributed by atoms with E-state index in [1.165, 1.54) is 18.4 Å². The number of nitrogens with zero attached hydrogens (tertiary/aromatic N) is 4. The number of aromatic nitrogens is 2. The third-order valence-electron chi connectivity index (χ3n) is 6.51. The van der Waals surface area contributed by atoms with Crippen LogP contribution in [0.25, 0.3) is 6.08 Å². The zero-order chi connectivity index (χ0) is 23.2. The Balaban J connectivity index is 1.32. The number of nitrogens with one attached hydrogen (secondary N) is 1. The minimum Gasteiger partial charge on any atom is -0.421 e. The fourth-order valence-corrected chi connectivity index (χ4v) is 4.57. The number of rotatable bonds is 5. The molecule has 0 atom stereocenters. The van der Waals surface area contributed by atoms with Crippen LogP contribution in [0.5, 0.6) is 11.8 Å². The van der Waals surface area contributed by atoms with Gasteiger partial charge in [-0.25, -0.2) is 8.78 Å². The van der Waals surface area contributed by atoms with Gasteiger partial charge in [0.2, 0.25) is 0 Å². The molecule has 0 spiro atoms. The number of ether oxygens (including phenoxy) is 2. The highest BCUT2D eigenvalue weighted by Gasteiger charge is 2.28. The van der Waals surface area contributed by atoms with Crippen molar-refractivity contribution in [1.82, 2.24) is 9.97 Å². The van der Waals surface area contributed by atoms with E-state index in [1.807, 2.05) is 13.0 Å². The first-order chi connectivity index (χ1) is 16.5. The summed E-state index contributed by atoms with van der Waals surface area (Å²) >= 11 is 0. The van der Waals surface area contributed by atoms with Crippen molar-refractivity contribution in [3.8, 4) is 11.8 Å². The molecule has 7 nitrogen and oxygen atoms in total. The molecule has 6 rings (SSSR count). The first-order valence-corrected chi connectivity index (χ1v) is 11.6. The van der Waals surface area contributed by atoms with Gasteiger partial charge in [-0.3, -0.25) is 4.99 Å². The topological polar surface area (TPSA) is 71.9 Å². The molecule has 34 heavy (non-hydrogen) atoms. The fourth-order valence-electron chi connectivity index (χ4n) is 4.57. The van der Waals surface area contributed by atoms with Gasteiger partial charge in [0.05, 0.1) is 19.8 Å². The minimum atomic E-state index is -0.611. The number of aliphatic imine (C=N–C) groups is 1. The predicted octanol–water partition coefficient (Wildman–Crippen LogP) is 4.50. The van der Waals surface area contributed by atoms with Gasteiger partial charge in [-0.05, 0) is 43.8 Å². The van der Waals surface area contributed by atoms with Crippen molar-refractivity contribution in [2.45, 2.75) is 26.2 Å². The highest BCUT2D eigenvalue weighted by atomic mass is 19.1. The summed E-state index contributed by atoms with van der Waals surface area (Å²) in [6, 6.07) is 2.83. The molecule has 4 aliphatic rings. The Morgan fingerprint density at radius 1 is 1.12 bits per heavy atom.